The van der Waals surface area contributed by atoms with Gasteiger partial charge < -0.3 is 18.8 Å². The quantitative estimate of drug-likeness (QED) is 0.247. The first-order chi connectivity index (χ1) is 17.4. The molecule has 0 spiro atoms. The fourth-order valence-electron chi connectivity index (χ4n) is 3.82. The predicted molar refractivity (Wildman–Crippen MR) is 137 cm³/mol. The van der Waals surface area contributed by atoms with Gasteiger partial charge in [-0.1, -0.05) is 30.3 Å². The second-order valence-electron chi connectivity index (χ2n) is 9.88. The van der Waals surface area contributed by atoms with Crippen LogP contribution in [0.25, 0.3) is 0 Å². The van der Waals surface area contributed by atoms with E-state index in [1.165, 1.54) is 0 Å². The molecule has 0 aliphatic carbocycles. The summed E-state index contributed by atoms with van der Waals surface area (Å²) in [7, 11) is -0.967. The van der Waals surface area contributed by atoms with Gasteiger partial charge in [0.1, 0.15) is 23.9 Å². The van der Waals surface area contributed by atoms with Gasteiger partial charge in [0, 0.05) is 13.0 Å². The van der Waals surface area contributed by atoms with Crippen molar-refractivity contribution in [3.8, 4) is 0 Å². The molecule has 200 valence electrons. The molecule has 0 radical (unpaired) electrons. The van der Waals surface area contributed by atoms with Crippen LogP contribution in [0, 0.1) is 11.6 Å². The van der Waals surface area contributed by atoms with Crippen molar-refractivity contribution in [1.82, 2.24) is 0 Å². The largest absolute Gasteiger partial charge is 0.495 e. The molecule has 0 N–H and O–H groups in total. The van der Waals surface area contributed by atoms with Crippen LogP contribution in [-0.2, 0) is 30.2 Å². The SMILES string of the molecule is CCOC(=O)CCCCN(C(=O)OCc1ccccc1)c1c(F)cc(B2OC(C)(C)C(C)(C)O2)cc1F. The number of carbonyl (C=O) groups excluding carboxylic acids is 2. The number of esters is 1. The zero-order chi connectivity index (χ0) is 27.2. The van der Waals surface area contributed by atoms with Gasteiger partial charge in [-0.25, -0.2) is 13.6 Å². The van der Waals surface area contributed by atoms with E-state index in [0.29, 0.717) is 12.8 Å². The second kappa shape index (κ2) is 12.0. The van der Waals surface area contributed by atoms with Gasteiger partial charge in [0.25, 0.3) is 0 Å². The minimum Gasteiger partial charge on any atom is -0.466 e. The van der Waals surface area contributed by atoms with E-state index < -0.39 is 41.7 Å². The molecule has 0 bridgehead atoms. The first kappa shape index (κ1) is 28.6. The zero-order valence-electron chi connectivity index (χ0n) is 22.0. The summed E-state index contributed by atoms with van der Waals surface area (Å²) in [4.78, 5) is 25.6. The van der Waals surface area contributed by atoms with Crippen molar-refractivity contribution in [3.63, 3.8) is 0 Å². The lowest BCUT2D eigenvalue weighted by atomic mass is 9.79. The van der Waals surface area contributed by atoms with E-state index in [9.17, 15) is 9.59 Å². The molecule has 2 aromatic carbocycles. The fraction of sp³-hybridized carbons (Fsp3) is 0.481. The van der Waals surface area contributed by atoms with Crippen molar-refractivity contribution in [2.75, 3.05) is 18.1 Å². The van der Waals surface area contributed by atoms with E-state index in [4.69, 9.17) is 18.8 Å². The van der Waals surface area contributed by atoms with E-state index in [1.807, 2.05) is 33.8 Å². The number of hydrogen-bond donors (Lipinski definition) is 0. The molecule has 1 aliphatic rings. The van der Waals surface area contributed by atoms with Crippen molar-refractivity contribution >= 4 is 30.3 Å². The Morgan fingerprint density at radius 1 is 0.946 bits per heavy atom. The molecule has 10 heteroatoms. The minimum atomic E-state index is -0.967. The number of anilines is 1. The first-order valence-corrected chi connectivity index (χ1v) is 12.4. The molecular weight excluding hydrogens is 483 g/mol. The van der Waals surface area contributed by atoms with Crippen LogP contribution in [-0.4, -0.2) is 43.5 Å². The van der Waals surface area contributed by atoms with E-state index >= 15 is 8.78 Å². The summed E-state index contributed by atoms with van der Waals surface area (Å²) in [6, 6.07) is 11.2. The second-order valence-corrected chi connectivity index (χ2v) is 9.88. The summed E-state index contributed by atoms with van der Waals surface area (Å²) in [5, 5.41) is 0. The lowest BCUT2D eigenvalue weighted by molar-refractivity contribution is -0.143. The summed E-state index contributed by atoms with van der Waals surface area (Å²) >= 11 is 0. The van der Waals surface area contributed by atoms with Gasteiger partial charge in [0.05, 0.1) is 17.8 Å². The number of unbranched alkanes of at least 4 members (excludes halogenated alkanes) is 1. The van der Waals surface area contributed by atoms with E-state index in [1.54, 1.807) is 31.2 Å². The number of halogens is 2. The third-order valence-corrected chi connectivity index (χ3v) is 6.58. The highest BCUT2D eigenvalue weighted by Crippen LogP contribution is 2.37. The molecule has 1 aliphatic heterocycles. The number of ether oxygens (including phenoxy) is 2. The Bertz CT molecular complexity index is 1060. The minimum absolute atomic E-state index is 0.0588. The number of amides is 1. The van der Waals surface area contributed by atoms with Crippen molar-refractivity contribution in [1.29, 1.82) is 0 Å². The van der Waals surface area contributed by atoms with Gasteiger partial charge in [-0.3, -0.25) is 9.69 Å². The Kier molecular flexibility index (Phi) is 9.31. The number of hydrogen-bond acceptors (Lipinski definition) is 6. The van der Waals surface area contributed by atoms with Crippen molar-refractivity contribution in [2.45, 2.75) is 71.7 Å². The maximum Gasteiger partial charge on any atom is 0.495 e. The maximum absolute atomic E-state index is 15.4. The van der Waals surface area contributed by atoms with Crippen molar-refractivity contribution < 1.29 is 37.2 Å². The Morgan fingerprint density at radius 3 is 2.11 bits per heavy atom. The predicted octanol–water partition coefficient (Wildman–Crippen LogP) is 5.14. The molecule has 2 aromatic rings. The third-order valence-electron chi connectivity index (χ3n) is 6.58. The summed E-state index contributed by atoms with van der Waals surface area (Å²) < 4.78 is 52.9. The summed E-state index contributed by atoms with van der Waals surface area (Å²) in [6.07, 6.45) is -0.0959. The highest BCUT2D eigenvalue weighted by Gasteiger charge is 2.52. The molecule has 7 nitrogen and oxygen atoms in total. The first-order valence-electron chi connectivity index (χ1n) is 12.4. The molecule has 0 unspecified atom stereocenters. The normalized spacial score (nSPS) is 15.9. The molecule has 3 rings (SSSR count). The lowest BCUT2D eigenvalue weighted by Crippen LogP contribution is -2.41. The number of nitrogens with zero attached hydrogens (tertiary/aromatic N) is 1. The Balaban J connectivity index is 1.81. The lowest BCUT2D eigenvalue weighted by Gasteiger charge is -2.32. The van der Waals surface area contributed by atoms with E-state index in [0.717, 1.165) is 22.6 Å². The molecule has 0 saturated carbocycles. The van der Waals surface area contributed by atoms with Crippen LogP contribution >= 0.6 is 0 Å². The van der Waals surface area contributed by atoms with Crippen LogP contribution in [0.4, 0.5) is 19.3 Å². The Morgan fingerprint density at radius 2 is 1.54 bits per heavy atom. The number of carbonyl (C=O) groups is 2. The Labute approximate surface area is 217 Å². The average molecular weight is 517 g/mol. The van der Waals surface area contributed by atoms with Crippen LogP contribution in [0.15, 0.2) is 42.5 Å². The Hall–Kier alpha value is -2.98. The van der Waals surface area contributed by atoms with Crippen LogP contribution in [0.2, 0.25) is 0 Å². The molecule has 37 heavy (non-hydrogen) atoms. The number of rotatable bonds is 10. The standard InChI is InChI=1S/C27H34BF2NO6/c1-6-34-23(32)14-10-11-15-31(25(33)35-18-19-12-8-7-9-13-19)24-21(29)16-20(17-22(24)30)28-36-26(2,3)27(4,5)37-28/h7-9,12-13,16-17H,6,10-11,14-15,18H2,1-5H3. The van der Waals surface area contributed by atoms with Gasteiger partial charge in [0.15, 0.2) is 0 Å². The van der Waals surface area contributed by atoms with Crippen molar-refractivity contribution in [3.05, 3.63) is 59.7 Å². The molecule has 0 atom stereocenters. The molecular formula is C27H34BF2NO6. The fourth-order valence-corrected chi connectivity index (χ4v) is 3.82. The third kappa shape index (κ3) is 7.08. The molecule has 1 fully saturated rings. The van der Waals surface area contributed by atoms with Gasteiger partial charge in [-0.2, -0.15) is 0 Å². The van der Waals surface area contributed by atoms with Crippen LogP contribution in [0.5, 0.6) is 0 Å². The number of benzene rings is 2. The average Bonchev–Trinajstić information content (AvgIpc) is 3.06. The monoisotopic (exact) mass is 517 g/mol. The smallest absolute Gasteiger partial charge is 0.466 e. The molecule has 1 saturated heterocycles. The van der Waals surface area contributed by atoms with E-state index in [2.05, 4.69) is 0 Å². The van der Waals surface area contributed by atoms with Crippen LogP contribution < -0.4 is 10.4 Å². The zero-order valence-corrected chi connectivity index (χ0v) is 22.0. The van der Waals surface area contributed by atoms with E-state index in [-0.39, 0.29) is 37.6 Å². The van der Waals surface area contributed by atoms with Crippen LogP contribution in [0.3, 0.4) is 0 Å². The maximum atomic E-state index is 15.4. The summed E-state index contributed by atoms with van der Waals surface area (Å²) in [5.41, 5.74) is -1.01. The van der Waals surface area contributed by atoms with Gasteiger partial charge in [-0.05, 0) is 70.6 Å². The molecule has 1 heterocycles. The summed E-state index contributed by atoms with van der Waals surface area (Å²) in [6.45, 7) is 9.22. The van der Waals surface area contributed by atoms with Gasteiger partial charge in [-0.15, -0.1) is 0 Å². The van der Waals surface area contributed by atoms with Gasteiger partial charge >= 0.3 is 19.2 Å². The highest BCUT2D eigenvalue weighted by molar-refractivity contribution is 6.62. The summed E-state index contributed by atoms with van der Waals surface area (Å²) in [5.74, 6) is -2.27. The van der Waals surface area contributed by atoms with Crippen LogP contribution in [0.1, 0.15) is 59.4 Å². The molecule has 1 amide bonds. The topological polar surface area (TPSA) is 74.3 Å². The molecule has 0 aromatic heterocycles. The highest BCUT2D eigenvalue weighted by atomic mass is 19.1. The van der Waals surface area contributed by atoms with Gasteiger partial charge in [0.2, 0.25) is 0 Å². The van der Waals surface area contributed by atoms with Crippen molar-refractivity contribution in [2.24, 2.45) is 0 Å².